The fourth-order valence-electron chi connectivity index (χ4n) is 2.92. The maximum Gasteiger partial charge on any atom is 0.240 e. The van der Waals surface area contributed by atoms with Crippen LogP contribution in [0.1, 0.15) is 18.1 Å². The van der Waals surface area contributed by atoms with Crippen molar-refractivity contribution in [3.05, 3.63) is 72.1 Å². The molecule has 0 aliphatic heterocycles. The first kappa shape index (κ1) is 18.3. The molecule has 2 aromatic carbocycles. The molecular weight excluding hydrogens is 342 g/mol. The lowest BCUT2D eigenvalue weighted by Gasteiger charge is -2.21. The summed E-state index contributed by atoms with van der Waals surface area (Å²) in [6.07, 6.45) is 3.72. The van der Waals surface area contributed by atoms with Crippen molar-refractivity contribution in [1.29, 1.82) is 0 Å². The summed E-state index contributed by atoms with van der Waals surface area (Å²) in [6.45, 7) is 6.09. The number of aromatic nitrogens is 2. The van der Waals surface area contributed by atoms with Crippen LogP contribution in [0, 0.1) is 13.8 Å². The number of benzene rings is 2. The Balaban J connectivity index is 1.79. The van der Waals surface area contributed by atoms with Crippen molar-refractivity contribution in [2.75, 3.05) is 11.9 Å². The highest BCUT2D eigenvalue weighted by atomic mass is 32.2. The first-order chi connectivity index (χ1) is 12.5. The summed E-state index contributed by atoms with van der Waals surface area (Å²) < 4.78 is 2.04. The van der Waals surface area contributed by atoms with Gasteiger partial charge in [-0.1, -0.05) is 36.0 Å². The Kier molecular flexibility index (Phi) is 5.47. The van der Waals surface area contributed by atoms with Gasteiger partial charge in [0.15, 0.2) is 5.16 Å². The van der Waals surface area contributed by atoms with Crippen molar-refractivity contribution in [1.82, 2.24) is 9.55 Å². The molecule has 0 radical (unpaired) electrons. The molecule has 0 aliphatic rings. The van der Waals surface area contributed by atoms with E-state index in [9.17, 15) is 4.79 Å². The Labute approximate surface area is 158 Å². The maximum atomic E-state index is 12.8. The zero-order chi connectivity index (χ0) is 18.7. The highest BCUT2D eigenvalue weighted by Crippen LogP contribution is 2.27. The van der Waals surface area contributed by atoms with E-state index in [0.29, 0.717) is 0 Å². The third kappa shape index (κ3) is 3.99. The van der Waals surface area contributed by atoms with Gasteiger partial charge in [-0.2, -0.15) is 0 Å². The van der Waals surface area contributed by atoms with Crippen LogP contribution in [0.2, 0.25) is 0 Å². The molecule has 134 valence electrons. The highest BCUT2D eigenvalue weighted by Gasteiger charge is 2.22. The quantitative estimate of drug-likeness (QED) is 0.619. The van der Waals surface area contributed by atoms with Crippen LogP contribution in [-0.2, 0) is 4.79 Å². The average molecular weight is 366 g/mol. The Hall–Kier alpha value is -2.53. The summed E-state index contributed by atoms with van der Waals surface area (Å²) >= 11 is 1.48. The van der Waals surface area contributed by atoms with Crippen LogP contribution in [0.5, 0.6) is 0 Å². The van der Waals surface area contributed by atoms with Gasteiger partial charge in [-0.05, 0) is 56.2 Å². The first-order valence-electron chi connectivity index (χ1n) is 8.57. The largest absolute Gasteiger partial charge is 0.315 e. The van der Waals surface area contributed by atoms with Crippen molar-refractivity contribution in [3.63, 3.8) is 0 Å². The molecule has 0 fully saturated rings. The molecule has 1 unspecified atom stereocenters. The fraction of sp³-hybridized carbons (Fsp3) is 0.238. The van der Waals surface area contributed by atoms with Crippen LogP contribution in [-0.4, -0.2) is 27.8 Å². The van der Waals surface area contributed by atoms with Gasteiger partial charge < -0.3 is 4.90 Å². The zero-order valence-corrected chi connectivity index (χ0v) is 16.3. The summed E-state index contributed by atoms with van der Waals surface area (Å²) in [4.78, 5) is 19.0. The lowest BCUT2D eigenvalue weighted by Crippen LogP contribution is -2.33. The number of amides is 1. The Morgan fingerprint density at radius 1 is 1.12 bits per heavy atom. The lowest BCUT2D eigenvalue weighted by atomic mass is 10.1. The molecular formula is C21H23N3OS. The minimum Gasteiger partial charge on any atom is -0.315 e. The van der Waals surface area contributed by atoms with Crippen LogP contribution in [0.4, 0.5) is 5.69 Å². The normalized spacial score (nSPS) is 12.0. The standard InChI is InChI=1S/C21H23N3OS/c1-15-12-16(2)14-19(13-15)24-11-10-22-21(24)26-17(3)20(25)23(4)18-8-6-5-7-9-18/h5-14,17H,1-4H3. The number of anilines is 1. The van der Waals surface area contributed by atoms with E-state index in [1.54, 1.807) is 11.1 Å². The van der Waals surface area contributed by atoms with E-state index in [0.717, 1.165) is 16.5 Å². The lowest BCUT2D eigenvalue weighted by molar-refractivity contribution is -0.117. The van der Waals surface area contributed by atoms with Crippen molar-refractivity contribution in [3.8, 4) is 5.69 Å². The smallest absolute Gasteiger partial charge is 0.240 e. The summed E-state index contributed by atoms with van der Waals surface area (Å²) in [5, 5.41) is 0.574. The number of carbonyl (C=O) groups is 1. The number of rotatable bonds is 5. The molecule has 0 bridgehead atoms. The predicted molar refractivity (Wildman–Crippen MR) is 108 cm³/mol. The molecule has 1 amide bonds. The molecule has 5 heteroatoms. The SMILES string of the molecule is Cc1cc(C)cc(-n2ccnc2SC(C)C(=O)N(C)c2ccccc2)c1. The summed E-state index contributed by atoms with van der Waals surface area (Å²) in [7, 11) is 1.81. The summed E-state index contributed by atoms with van der Waals surface area (Å²) in [6, 6.07) is 16.1. The number of thioether (sulfide) groups is 1. The Bertz CT molecular complexity index is 884. The number of imidazole rings is 1. The third-order valence-corrected chi connectivity index (χ3v) is 5.26. The van der Waals surface area contributed by atoms with Gasteiger partial charge >= 0.3 is 0 Å². The first-order valence-corrected chi connectivity index (χ1v) is 9.45. The molecule has 3 aromatic rings. The molecule has 0 saturated heterocycles. The number of hydrogen-bond acceptors (Lipinski definition) is 3. The molecule has 1 heterocycles. The second-order valence-electron chi connectivity index (χ2n) is 6.42. The molecule has 3 rings (SSSR count). The predicted octanol–water partition coefficient (Wildman–Crippen LogP) is 4.63. The van der Waals surface area contributed by atoms with Gasteiger partial charge in [0.2, 0.25) is 5.91 Å². The van der Waals surface area contributed by atoms with Gasteiger partial charge in [0, 0.05) is 30.8 Å². The number of para-hydroxylation sites is 1. The molecule has 26 heavy (non-hydrogen) atoms. The number of aryl methyl sites for hydroxylation is 2. The van der Waals surface area contributed by atoms with Crippen molar-refractivity contribution in [2.24, 2.45) is 0 Å². The molecule has 0 N–H and O–H groups in total. The van der Waals surface area contributed by atoms with E-state index in [4.69, 9.17) is 0 Å². The Morgan fingerprint density at radius 2 is 1.77 bits per heavy atom. The van der Waals surface area contributed by atoms with E-state index < -0.39 is 0 Å². The van der Waals surface area contributed by atoms with Crippen molar-refractivity contribution in [2.45, 2.75) is 31.2 Å². The van der Waals surface area contributed by atoms with Crippen LogP contribution in [0.15, 0.2) is 66.1 Å². The zero-order valence-electron chi connectivity index (χ0n) is 15.5. The molecule has 0 spiro atoms. The van der Waals surface area contributed by atoms with Gasteiger partial charge in [0.1, 0.15) is 0 Å². The molecule has 0 aliphatic carbocycles. The van der Waals surface area contributed by atoms with Gasteiger partial charge in [-0.3, -0.25) is 9.36 Å². The molecule has 1 aromatic heterocycles. The second-order valence-corrected chi connectivity index (χ2v) is 7.73. The van der Waals surface area contributed by atoms with Gasteiger partial charge in [0.25, 0.3) is 0 Å². The third-order valence-electron chi connectivity index (χ3n) is 4.20. The van der Waals surface area contributed by atoms with Crippen LogP contribution >= 0.6 is 11.8 Å². The molecule has 0 saturated carbocycles. The number of nitrogens with zero attached hydrogens (tertiary/aromatic N) is 3. The number of hydrogen-bond donors (Lipinski definition) is 0. The molecule has 1 atom stereocenters. The van der Waals surface area contributed by atoms with E-state index in [-0.39, 0.29) is 11.2 Å². The second kappa shape index (κ2) is 7.79. The van der Waals surface area contributed by atoms with E-state index in [1.807, 2.05) is 55.1 Å². The van der Waals surface area contributed by atoms with Crippen molar-refractivity contribution >= 4 is 23.4 Å². The van der Waals surface area contributed by atoms with Gasteiger partial charge in [0.05, 0.1) is 5.25 Å². The monoisotopic (exact) mass is 365 g/mol. The number of carbonyl (C=O) groups excluding carboxylic acids is 1. The minimum absolute atomic E-state index is 0.0520. The van der Waals surface area contributed by atoms with Crippen molar-refractivity contribution < 1.29 is 4.79 Å². The van der Waals surface area contributed by atoms with E-state index in [2.05, 4.69) is 37.0 Å². The summed E-state index contributed by atoms with van der Waals surface area (Å²) in [5.41, 5.74) is 4.37. The van der Waals surface area contributed by atoms with E-state index >= 15 is 0 Å². The van der Waals surface area contributed by atoms with Gasteiger partial charge in [-0.15, -0.1) is 0 Å². The highest BCUT2D eigenvalue weighted by molar-refractivity contribution is 8.00. The average Bonchev–Trinajstić information content (AvgIpc) is 3.08. The van der Waals surface area contributed by atoms with Crippen LogP contribution in [0.3, 0.4) is 0 Å². The topological polar surface area (TPSA) is 38.1 Å². The maximum absolute atomic E-state index is 12.8. The van der Waals surface area contributed by atoms with E-state index in [1.165, 1.54) is 22.9 Å². The van der Waals surface area contributed by atoms with Gasteiger partial charge in [-0.25, -0.2) is 4.98 Å². The van der Waals surface area contributed by atoms with Crippen LogP contribution in [0.25, 0.3) is 5.69 Å². The Morgan fingerprint density at radius 3 is 2.42 bits per heavy atom. The van der Waals surface area contributed by atoms with Crippen LogP contribution < -0.4 is 4.90 Å². The summed E-state index contributed by atoms with van der Waals surface area (Å²) in [5.74, 6) is 0.0520. The fourth-order valence-corrected chi connectivity index (χ4v) is 3.90. The minimum atomic E-state index is -0.243. The molecule has 4 nitrogen and oxygen atoms in total.